The van der Waals surface area contributed by atoms with E-state index < -0.39 is 23.6 Å². The first-order valence-electron chi connectivity index (χ1n) is 9.51. The van der Waals surface area contributed by atoms with Crippen LogP contribution in [0.25, 0.3) is 0 Å². The van der Waals surface area contributed by atoms with Gasteiger partial charge in [-0.2, -0.15) is 0 Å². The average molecular weight is 357 g/mol. The number of rotatable bonds is 15. The number of hydrogen-bond acceptors (Lipinski definition) is 4. The monoisotopic (exact) mass is 356 g/mol. The van der Waals surface area contributed by atoms with Gasteiger partial charge in [0.1, 0.15) is 0 Å². The highest BCUT2D eigenvalue weighted by Gasteiger charge is 2.28. The number of aliphatic hydroxyl groups is 2. The van der Waals surface area contributed by atoms with E-state index >= 15 is 0 Å². The molecular weight excluding hydrogens is 320 g/mol. The number of aliphatic hydroxyl groups excluding tert-OH is 2. The lowest BCUT2D eigenvalue weighted by atomic mass is 9.86. The van der Waals surface area contributed by atoms with Crippen molar-refractivity contribution in [1.29, 1.82) is 0 Å². The second-order valence-corrected chi connectivity index (χ2v) is 7.48. The summed E-state index contributed by atoms with van der Waals surface area (Å²) in [6, 6.07) is 0. The second-order valence-electron chi connectivity index (χ2n) is 7.48. The van der Waals surface area contributed by atoms with E-state index in [0.29, 0.717) is 6.42 Å². The second kappa shape index (κ2) is 13.1. The third-order valence-corrected chi connectivity index (χ3v) is 4.54. The van der Waals surface area contributed by atoms with Crippen molar-refractivity contribution in [3.63, 3.8) is 0 Å². The molecule has 0 rings (SSSR count). The summed E-state index contributed by atoms with van der Waals surface area (Å²) in [5.74, 6) is -0.986. The molecule has 0 heterocycles. The molecule has 2 atom stereocenters. The molecule has 3 N–H and O–H groups in total. The maximum atomic E-state index is 11.8. The Bertz CT molecular complexity index is 414. The summed E-state index contributed by atoms with van der Waals surface area (Å²) in [6.07, 6.45) is 9.30. The number of ketones is 1. The van der Waals surface area contributed by atoms with E-state index in [-0.39, 0.29) is 18.6 Å². The largest absolute Gasteiger partial charge is 0.481 e. The van der Waals surface area contributed by atoms with Crippen molar-refractivity contribution in [3.8, 4) is 0 Å². The van der Waals surface area contributed by atoms with Crippen LogP contribution < -0.4 is 0 Å². The molecule has 0 amide bonds. The summed E-state index contributed by atoms with van der Waals surface area (Å²) in [4.78, 5) is 22.8. The Balaban J connectivity index is 3.97. The van der Waals surface area contributed by atoms with Crippen LogP contribution in [0.1, 0.15) is 85.0 Å². The predicted molar refractivity (Wildman–Crippen MR) is 99.4 cm³/mol. The highest BCUT2D eigenvalue weighted by Crippen LogP contribution is 2.24. The van der Waals surface area contributed by atoms with E-state index in [1.807, 2.05) is 0 Å². The molecule has 146 valence electrons. The molecule has 5 heteroatoms. The van der Waals surface area contributed by atoms with Crippen molar-refractivity contribution in [2.75, 3.05) is 0 Å². The zero-order valence-corrected chi connectivity index (χ0v) is 16.0. The lowest BCUT2D eigenvalue weighted by Gasteiger charge is -2.22. The number of aliphatic carboxylic acids is 1. The molecule has 0 fully saturated rings. The van der Waals surface area contributed by atoms with Gasteiger partial charge in [-0.1, -0.05) is 51.5 Å². The Labute approximate surface area is 152 Å². The topological polar surface area (TPSA) is 94.8 Å². The molecule has 0 aliphatic rings. The lowest BCUT2D eigenvalue weighted by Crippen LogP contribution is -2.29. The summed E-state index contributed by atoms with van der Waals surface area (Å²) in [7, 11) is 0. The van der Waals surface area contributed by atoms with Crippen molar-refractivity contribution in [3.05, 3.63) is 12.2 Å². The molecule has 0 aromatic heterocycles. The Kier molecular flexibility index (Phi) is 12.4. The fourth-order valence-electron chi connectivity index (χ4n) is 2.46. The van der Waals surface area contributed by atoms with E-state index in [1.165, 1.54) is 37.8 Å². The third-order valence-electron chi connectivity index (χ3n) is 4.54. The third kappa shape index (κ3) is 11.9. The van der Waals surface area contributed by atoms with Crippen LogP contribution in [-0.4, -0.2) is 39.3 Å². The smallest absolute Gasteiger partial charge is 0.309 e. The van der Waals surface area contributed by atoms with Crippen LogP contribution in [0.5, 0.6) is 0 Å². The van der Waals surface area contributed by atoms with Crippen LogP contribution in [0.3, 0.4) is 0 Å². The number of carboxylic acid groups (broad SMARTS) is 1. The molecule has 0 aromatic rings. The first-order chi connectivity index (χ1) is 11.7. The number of carbonyl (C=O) groups excluding carboxylic acids is 1. The molecule has 0 saturated heterocycles. The minimum atomic E-state index is -1.15. The molecule has 0 aromatic carbocycles. The van der Waals surface area contributed by atoms with E-state index in [4.69, 9.17) is 5.11 Å². The average Bonchev–Trinajstić information content (AvgIpc) is 2.56. The predicted octanol–water partition coefficient (Wildman–Crippen LogP) is 3.87. The SMILES string of the molecule is CCCCCCCCCC(=O)/C=C/C(O)C(O)CCC(C)(C)C(=O)O. The van der Waals surface area contributed by atoms with Gasteiger partial charge < -0.3 is 15.3 Å². The molecule has 0 bridgehead atoms. The van der Waals surface area contributed by atoms with Crippen molar-refractivity contribution in [2.45, 2.75) is 97.2 Å². The van der Waals surface area contributed by atoms with E-state index in [1.54, 1.807) is 13.8 Å². The summed E-state index contributed by atoms with van der Waals surface area (Å²) in [5.41, 5.74) is -0.947. The number of allylic oxidation sites excluding steroid dienone is 1. The lowest BCUT2D eigenvalue weighted by molar-refractivity contribution is -0.147. The molecule has 0 aliphatic carbocycles. The van der Waals surface area contributed by atoms with Gasteiger partial charge in [0.15, 0.2) is 5.78 Å². The van der Waals surface area contributed by atoms with Crippen LogP contribution in [0.15, 0.2) is 12.2 Å². The van der Waals surface area contributed by atoms with Gasteiger partial charge in [0.2, 0.25) is 0 Å². The minimum absolute atomic E-state index is 0.0503. The van der Waals surface area contributed by atoms with Crippen molar-refractivity contribution < 1.29 is 24.9 Å². The van der Waals surface area contributed by atoms with Crippen molar-refractivity contribution in [2.24, 2.45) is 5.41 Å². The van der Waals surface area contributed by atoms with Gasteiger partial charge in [-0.05, 0) is 39.2 Å². The zero-order chi connectivity index (χ0) is 19.3. The summed E-state index contributed by atoms with van der Waals surface area (Å²) in [5, 5.41) is 28.8. The van der Waals surface area contributed by atoms with Gasteiger partial charge in [-0.15, -0.1) is 0 Å². The summed E-state index contributed by atoms with van der Waals surface area (Å²) in [6.45, 7) is 5.34. The van der Waals surface area contributed by atoms with E-state index in [0.717, 1.165) is 19.3 Å². The molecule has 0 saturated carbocycles. The normalized spacial score (nSPS) is 14.6. The Morgan fingerprint density at radius 1 is 1.00 bits per heavy atom. The Morgan fingerprint density at radius 2 is 1.56 bits per heavy atom. The van der Waals surface area contributed by atoms with E-state index in [2.05, 4.69) is 6.92 Å². The first kappa shape index (κ1) is 23.8. The van der Waals surface area contributed by atoms with Crippen molar-refractivity contribution in [1.82, 2.24) is 0 Å². The van der Waals surface area contributed by atoms with Crippen LogP contribution in [0.2, 0.25) is 0 Å². The van der Waals surface area contributed by atoms with Crippen molar-refractivity contribution >= 4 is 11.8 Å². The fraction of sp³-hybridized carbons (Fsp3) is 0.800. The maximum Gasteiger partial charge on any atom is 0.309 e. The standard InChI is InChI=1S/C20H36O5/c1-4-5-6-7-8-9-10-11-16(21)12-13-17(22)18(23)14-15-20(2,3)19(24)25/h12-13,17-18,22-23H,4-11,14-15H2,1-3H3,(H,24,25)/b13-12+. The quantitative estimate of drug-likeness (QED) is 0.306. The highest BCUT2D eigenvalue weighted by atomic mass is 16.4. The minimum Gasteiger partial charge on any atom is -0.481 e. The van der Waals surface area contributed by atoms with Gasteiger partial charge in [0, 0.05) is 6.42 Å². The summed E-state index contributed by atoms with van der Waals surface area (Å²) < 4.78 is 0. The zero-order valence-electron chi connectivity index (χ0n) is 16.0. The molecule has 2 unspecified atom stereocenters. The molecular formula is C20H36O5. The molecule has 0 radical (unpaired) electrons. The molecule has 0 aliphatic heterocycles. The molecule has 0 spiro atoms. The number of unbranched alkanes of at least 4 members (excludes halogenated alkanes) is 6. The van der Waals surface area contributed by atoms with Crippen LogP contribution in [0.4, 0.5) is 0 Å². The molecule has 5 nitrogen and oxygen atoms in total. The Hall–Kier alpha value is -1.20. The van der Waals surface area contributed by atoms with Crippen LogP contribution >= 0.6 is 0 Å². The number of carbonyl (C=O) groups is 2. The fourth-order valence-corrected chi connectivity index (χ4v) is 2.46. The van der Waals surface area contributed by atoms with Gasteiger partial charge in [0.05, 0.1) is 17.6 Å². The Morgan fingerprint density at radius 3 is 2.12 bits per heavy atom. The number of carboxylic acids is 1. The summed E-state index contributed by atoms with van der Waals surface area (Å²) >= 11 is 0. The van der Waals surface area contributed by atoms with Gasteiger partial charge in [-0.3, -0.25) is 9.59 Å². The first-order valence-corrected chi connectivity index (χ1v) is 9.51. The maximum absolute atomic E-state index is 11.8. The molecule has 25 heavy (non-hydrogen) atoms. The van der Waals surface area contributed by atoms with Gasteiger partial charge in [0.25, 0.3) is 0 Å². The number of hydrogen-bond donors (Lipinski definition) is 3. The van der Waals surface area contributed by atoms with Gasteiger partial charge in [-0.25, -0.2) is 0 Å². The highest BCUT2D eigenvalue weighted by molar-refractivity contribution is 5.89. The van der Waals surface area contributed by atoms with Crippen LogP contribution in [-0.2, 0) is 9.59 Å². The van der Waals surface area contributed by atoms with Gasteiger partial charge >= 0.3 is 5.97 Å². The van der Waals surface area contributed by atoms with Crippen LogP contribution in [0, 0.1) is 5.41 Å². The van der Waals surface area contributed by atoms with E-state index in [9.17, 15) is 19.8 Å².